The summed E-state index contributed by atoms with van der Waals surface area (Å²) in [5.74, 6) is -0.892. The first kappa shape index (κ1) is 12.4. The van der Waals surface area contributed by atoms with Crippen molar-refractivity contribution in [3.8, 4) is 0 Å². The monoisotopic (exact) mass is 266 g/mol. The van der Waals surface area contributed by atoms with Gasteiger partial charge in [0.05, 0.1) is 22.9 Å². The Hall–Kier alpha value is -2.62. The van der Waals surface area contributed by atoms with E-state index in [4.69, 9.17) is 5.11 Å². The van der Waals surface area contributed by atoms with Gasteiger partial charge in [0.25, 0.3) is 0 Å². The third kappa shape index (κ3) is 2.40. The standard InChI is InChI=1S/C16H14N2O2/c19-16(20)13-7-5-12(6-8-13)9-10-18-11-17-14-3-1-2-4-15(14)18/h1-8,11H,9-10H2,(H,19,20). The highest BCUT2D eigenvalue weighted by molar-refractivity contribution is 5.87. The second-order valence-electron chi connectivity index (χ2n) is 4.68. The molecule has 0 aliphatic rings. The van der Waals surface area contributed by atoms with Gasteiger partial charge >= 0.3 is 5.97 Å². The number of carboxylic acid groups (broad SMARTS) is 1. The summed E-state index contributed by atoms with van der Waals surface area (Å²) < 4.78 is 2.11. The molecule has 0 saturated carbocycles. The fraction of sp³-hybridized carbons (Fsp3) is 0.125. The molecule has 4 nitrogen and oxygen atoms in total. The van der Waals surface area contributed by atoms with Crippen molar-refractivity contribution in [2.24, 2.45) is 0 Å². The van der Waals surface area contributed by atoms with Crippen LogP contribution in [0.2, 0.25) is 0 Å². The molecule has 0 fully saturated rings. The Morgan fingerprint density at radius 2 is 1.85 bits per heavy atom. The number of imidazole rings is 1. The number of para-hydroxylation sites is 2. The average Bonchev–Trinajstić information content (AvgIpc) is 2.89. The topological polar surface area (TPSA) is 55.1 Å². The molecule has 0 unspecified atom stereocenters. The highest BCUT2D eigenvalue weighted by atomic mass is 16.4. The molecule has 4 heteroatoms. The van der Waals surface area contributed by atoms with Crippen molar-refractivity contribution in [2.75, 3.05) is 0 Å². The van der Waals surface area contributed by atoms with E-state index in [1.807, 2.05) is 36.7 Å². The van der Waals surface area contributed by atoms with Crippen LogP contribution in [0.5, 0.6) is 0 Å². The van der Waals surface area contributed by atoms with E-state index in [-0.39, 0.29) is 0 Å². The largest absolute Gasteiger partial charge is 0.478 e. The molecule has 0 aliphatic heterocycles. The van der Waals surface area contributed by atoms with E-state index in [0.29, 0.717) is 5.56 Å². The lowest BCUT2D eigenvalue weighted by Crippen LogP contribution is -2.01. The van der Waals surface area contributed by atoms with E-state index < -0.39 is 5.97 Å². The normalized spacial score (nSPS) is 10.8. The van der Waals surface area contributed by atoms with Crippen molar-refractivity contribution in [3.05, 3.63) is 66.0 Å². The lowest BCUT2D eigenvalue weighted by molar-refractivity contribution is 0.0697. The van der Waals surface area contributed by atoms with E-state index in [1.165, 1.54) is 0 Å². The highest BCUT2D eigenvalue weighted by Gasteiger charge is 2.04. The number of carbonyl (C=O) groups is 1. The molecule has 0 amide bonds. The van der Waals surface area contributed by atoms with Gasteiger partial charge in [0, 0.05) is 6.54 Å². The van der Waals surface area contributed by atoms with Gasteiger partial charge in [-0.3, -0.25) is 0 Å². The number of hydrogen-bond acceptors (Lipinski definition) is 2. The predicted molar refractivity (Wildman–Crippen MR) is 76.8 cm³/mol. The molecule has 1 N–H and O–H groups in total. The van der Waals surface area contributed by atoms with Crippen LogP contribution in [0.1, 0.15) is 15.9 Å². The Labute approximate surface area is 116 Å². The zero-order valence-electron chi connectivity index (χ0n) is 10.9. The minimum atomic E-state index is -0.892. The van der Waals surface area contributed by atoms with E-state index in [0.717, 1.165) is 29.6 Å². The average molecular weight is 266 g/mol. The molecule has 0 atom stereocenters. The zero-order chi connectivity index (χ0) is 13.9. The Kier molecular flexibility index (Phi) is 3.21. The quantitative estimate of drug-likeness (QED) is 0.789. The van der Waals surface area contributed by atoms with Crippen LogP contribution >= 0.6 is 0 Å². The molecule has 1 heterocycles. The second kappa shape index (κ2) is 5.17. The fourth-order valence-corrected chi connectivity index (χ4v) is 2.25. The summed E-state index contributed by atoms with van der Waals surface area (Å²) in [6, 6.07) is 15.0. The first-order chi connectivity index (χ1) is 9.74. The van der Waals surface area contributed by atoms with Crippen LogP contribution in [0.25, 0.3) is 11.0 Å². The van der Waals surface area contributed by atoms with E-state index >= 15 is 0 Å². The first-order valence-electron chi connectivity index (χ1n) is 6.46. The SMILES string of the molecule is O=C(O)c1ccc(CCn2cnc3ccccc32)cc1. The Morgan fingerprint density at radius 1 is 1.10 bits per heavy atom. The lowest BCUT2D eigenvalue weighted by Gasteiger charge is -2.05. The molecule has 0 radical (unpaired) electrons. The van der Waals surface area contributed by atoms with Crippen LogP contribution in [-0.4, -0.2) is 20.6 Å². The summed E-state index contributed by atoms with van der Waals surface area (Å²) >= 11 is 0. The van der Waals surface area contributed by atoms with Crippen LogP contribution in [0.15, 0.2) is 54.9 Å². The van der Waals surface area contributed by atoms with Gasteiger partial charge < -0.3 is 9.67 Å². The Balaban J connectivity index is 1.74. The number of aryl methyl sites for hydroxylation is 2. The van der Waals surface area contributed by atoms with Crippen molar-refractivity contribution in [2.45, 2.75) is 13.0 Å². The molecule has 3 aromatic rings. The summed E-state index contributed by atoms with van der Waals surface area (Å²) in [7, 11) is 0. The van der Waals surface area contributed by atoms with Gasteiger partial charge in [0.15, 0.2) is 0 Å². The number of rotatable bonds is 4. The van der Waals surface area contributed by atoms with Crippen LogP contribution in [0, 0.1) is 0 Å². The summed E-state index contributed by atoms with van der Waals surface area (Å²) in [5.41, 5.74) is 3.55. The smallest absolute Gasteiger partial charge is 0.335 e. The zero-order valence-corrected chi connectivity index (χ0v) is 10.9. The first-order valence-corrected chi connectivity index (χ1v) is 6.46. The lowest BCUT2D eigenvalue weighted by atomic mass is 10.1. The number of carboxylic acids is 1. The maximum Gasteiger partial charge on any atom is 0.335 e. The van der Waals surface area contributed by atoms with Crippen molar-refractivity contribution in [1.82, 2.24) is 9.55 Å². The fourth-order valence-electron chi connectivity index (χ4n) is 2.25. The van der Waals surface area contributed by atoms with Gasteiger partial charge in [-0.05, 0) is 36.2 Å². The number of aromatic carboxylic acids is 1. The van der Waals surface area contributed by atoms with Gasteiger partial charge in [0.1, 0.15) is 0 Å². The molecule has 20 heavy (non-hydrogen) atoms. The van der Waals surface area contributed by atoms with Gasteiger partial charge in [0.2, 0.25) is 0 Å². The molecular formula is C16H14N2O2. The summed E-state index contributed by atoms with van der Waals surface area (Å²) in [6.07, 6.45) is 2.69. The Bertz CT molecular complexity index is 745. The van der Waals surface area contributed by atoms with Gasteiger partial charge in [-0.2, -0.15) is 0 Å². The maximum atomic E-state index is 10.8. The molecule has 0 bridgehead atoms. The van der Waals surface area contributed by atoms with Gasteiger partial charge in [-0.1, -0.05) is 24.3 Å². The Morgan fingerprint density at radius 3 is 2.60 bits per heavy atom. The van der Waals surface area contributed by atoms with Crippen molar-refractivity contribution < 1.29 is 9.90 Å². The van der Waals surface area contributed by atoms with Gasteiger partial charge in [-0.15, -0.1) is 0 Å². The van der Waals surface area contributed by atoms with Crippen LogP contribution in [0.3, 0.4) is 0 Å². The van der Waals surface area contributed by atoms with E-state index in [9.17, 15) is 4.79 Å². The van der Waals surface area contributed by atoms with Crippen LogP contribution < -0.4 is 0 Å². The number of hydrogen-bond donors (Lipinski definition) is 1. The number of aromatic nitrogens is 2. The second-order valence-corrected chi connectivity index (χ2v) is 4.68. The van der Waals surface area contributed by atoms with E-state index in [1.54, 1.807) is 12.1 Å². The highest BCUT2D eigenvalue weighted by Crippen LogP contribution is 2.13. The minimum absolute atomic E-state index is 0.321. The number of benzene rings is 2. The molecule has 0 saturated heterocycles. The van der Waals surface area contributed by atoms with Crippen molar-refractivity contribution in [3.63, 3.8) is 0 Å². The third-order valence-corrected chi connectivity index (χ3v) is 3.37. The molecule has 0 aliphatic carbocycles. The van der Waals surface area contributed by atoms with Gasteiger partial charge in [-0.25, -0.2) is 9.78 Å². The molecule has 2 aromatic carbocycles. The van der Waals surface area contributed by atoms with Crippen molar-refractivity contribution in [1.29, 1.82) is 0 Å². The molecular weight excluding hydrogens is 252 g/mol. The summed E-state index contributed by atoms with van der Waals surface area (Å²) in [6.45, 7) is 0.826. The number of nitrogens with zero attached hydrogens (tertiary/aromatic N) is 2. The van der Waals surface area contributed by atoms with Crippen LogP contribution in [-0.2, 0) is 13.0 Å². The third-order valence-electron chi connectivity index (χ3n) is 3.37. The molecule has 3 rings (SSSR count). The predicted octanol–water partition coefficient (Wildman–Crippen LogP) is 2.98. The molecule has 0 spiro atoms. The summed E-state index contributed by atoms with van der Waals surface area (Å²) in [5, 5.41) is 8.86. The molecule has 1 aromatic heterocycles. The maximum absolute atomic E-state index is 10.8. The summed E-state index contributed by atoms with van der Waals surface area (Å²) in [4.78, 5) is 15.1. The molecule has 100 valence electrons. The van der Waals surface area contributed by atoms with E-state index in [2.05, 4.69) is 15.6 Å². The minimum Gasteiger partial charge on any atom is -0.478 e. The van der Waals surface area contributed by atoms with Crippen LogP contribution in [0.4, 0.5) is 0 Å². The number of fused-ring (bicyclic) bond motifs is 1. The van der Waals surface area contributed by atoms with Crippen molar-refractivity contribution >= 4 is 17.0 Å².